The van der Waals surface area contributed by atoms with Crippen LogP contribution in [0.1, 0.15) is 5.56 Å². The van der Waals surface area contributed by atoms with Crippen LogP contribution in [0.2, 0.25) is 5.02 Å². The fraction of sp³-hybridized carbons (Fsp3) is 0.118. The van der Waals surface area contributed by atoms with Crippen LogP contribution in [0, 0.1) is 0 Å². The number of ether oxygens (including phenoxy) is 2. The second-order valence-corrected chi connectivity index (χ2v) is 5.47. The van der Waals surface area contributed by atoms with Gasteiger partial charge in [0.15, 0.2) is 11.5 Å². The van der Waals surface area contributed by atoms with Gasteiger partial charge in [0.25, 0.3) is 5.56 Å². The first-order valence-electron chi connectivity index (χ1n) is 7.25. The highest BCUT2D eigenvalue weighted by molar-refractivity contribution is 6.33. The minimum absolute atomic E-state index is 0.340. The number of aromatic amines is 1. The molecule has 0 spiro atoms. The maximum absolute atomic E-state index is 12.4. The molecule has 0 saturated carbocycles. The molecule has 0 amide bonds. The summed E-state index contributed by atoms with van der Waals surface area (Å²) in [5, 5.41) is 4.67. The highest BCUT2D eigenvalue weighted by Gasteiger charge is 2.10. The lowest BCUT2D eigenvalue weighted by Crippen LogP contribution is -2.32. The minimum Gasteiger partial charge on any atom is -0.493 e. The van der Waals surface area contributed by atoms with Crippen molar-refractivity contribution in [3.63, 3.8) is 0 Å². The first kappa shape index (κ1) is 16.8. The normalized spacial score (nSPS) is 11.2. The van der Waals surface area contributed by atoms with Gasteiger partial charge in [0, 0.05) is 11.6 Å². The number of fused-ring (bicyclic) bond motifs is 1. The number of nitrogens with zero attached hydrogens (tertiary/aromatic N) is 2. The van der Waals surface area contributed by atoms with E-state index in [-0.39, 0.29) is 0 Å². The van der Waals surface area contributed by atoms with Gasteiger partial charge in [0.05, 0.1) is 36.4 Å². The Bertz CT molecular complexity index is 1090. The molecule has 1 aromatic heterocycles. The smallest absolute Gasteiger partial charge is 0.349 e. The summed E-state index contributed by atoms with van der Waals surface area (Å²) in [5.41, 5.74) is -0.240. The third kappa shape index (κ3) is 3.14. The Balaban J connectivity index is 2.10. The molecule has 0 aliphatic heterocycles. The number of para-hydroxylation sites is 1. The van der Waals surface area contributed by atoms with E-state index < -0.39 is 11.2 Å². The van der Waals surface area contributed by atoms with E-state index in [4.69, 9.17) is 21.1 Å². The summed E-state index contributed by atoms with van der Waals surface area (Å²) in [4.78, 5) is 27.1. The van der Waals surface area contributed by atoms with Gasteiger partial charge in [-0.3, -0.25) is 4.79 Å². The van der Waals surface area contributed by atoms with Gasteiger partial charge in [-0.15, -0.1) is 4.68 Å². The molecular formula is C17H14ClN3O4. The number of aromatic nitrogens is 2. The van der Waals surface area contributed by atoms with Crippen molar-refractivity contribution in [2.45, 2.75) is 0 Å². The quantitative estimate of drug-likeness (QED) is 0.724. The molecule has 0 atom stereocenters. The molecule has 1 heterocycles. The first-order chi connectivity index (χ1) is 12.0. The molecule has 128 valence electrons. The van der Waals surface area contributed by atoms with E-state index in [1.165, 1.54) is 20.4 Å². The van der Waals surface area contributed by atoms with E-state index in [0.717, 1.165) is 4.68 Å². The molecule has 0 aliphatic rings. The van der Waals surface area contributed by atoms with E-state index in [9.17, 15) is 9.59 Å². The maximum Gasteiger partial charge on any atom is 0.349 e. The predicted molar refractivity (Wildman–Crippen MR) is 96.4 cm³/mol. The minimum atomic E-state index is -0.642. The number of methoxy groups -OCH3 is 2. The van der Waals surface area contributed by atoms with Gasteiger partial charge in [-0.1, -0.05) is 23.7 Å². The van der Waals surface area contributed by atoms with Crippen LogP contribution in [0.15, 0.2) is 51.1 Å². The summed E-state index contributed by atoms with van der Waals surface area (Å²) >= 11 is 6.18. The van der Waals surface area contributed by atoms with E-state index >= 15 is 0 Å². The van der Waals surface area contributed by atoms with Crippen LogP contribution in [-0.2, 0) is 0 Å². The summed E-state index contributed by atoms with van der Waals surface area (Å²) in [6.45, 7) is 0. The van der Waals surface area contributed by atoms with Crippen LogP contribution >= 0.6 is 11.6 Å². The van der Waals surface area contributed by atoms with Crippen molar-refractivity contribution in [3.05, 3.63) is 67.8 Å². The van der Waals surface area contributed by atoms with Crippen molar-refractivity contribution in [3.8, 4) is 11.5 Å². The van der Waals surface area contributed by atoms with E-state index in [1.54, 1.807) is 36.4 Å². The van der Waals surface area contributed by atoms with Crippen molar-refractivity contribution in [1.29, 1.82) is 0 Å². The average molecular weight is 360 g/mol. The Kier molecular flexibility index (Phi) is 4.58. The zero-order chi connectivity index (χ0) is 18.0. The van der Waals surface area contributed by atoms with Crippen molar-refractivity contribution >= 4 is 28.7 Å². The summed E-state index contributed by atoms with van der Waals surface area (Å²) in [6, 6.07) is 9.87. The van der Waals surface area contributed by atoms with Crippen LogP contribution in [0.4, 0.5) is 0 Å². The van der Waals surface area contributed by atoms with Gasteiger partial charge in [-0.2, -0.15) is 5.10 Å². The number of halogens is 1. The molecule has 0 aliphatic carbocycles. The number of H-pyrrole nitrogens is 1. The molecule has 0 saturated heterocycles. The standard InChI is InChI=1S/C17H14ClN3O4/c1-24-14-7-10(12(18)8-15(14)25-2)9-19-21-16(22)11-5-3-4-6-13(11)20-17(21)23/h3-9H,1-2H3,(H,20,23). The van der Waals surface area contributed by atoms with Gasteiger partial charge in [-0.25, -0.2) is 4.79 Å². The van der Waals surface area contributed by atoms with Crippen LogP contribution in [-0.4, -0.2) is 30.1 Å². The first-order valence-corrected chi connectivity index (χ1v) is 7.63. The number of hydrogen-bond donors (Lipinski definition) is 1. The topological polar surface area (TPSA) is 85.7 Å². The Morgan fingerprint density at radius 3 is 2.52 bits per heavy atom. The van der Waals surface area contributed by atoms with Crippen molar-refractivity contribution in [2.75, 3.05) is 14.2 Å². The molecule has 7 nitrogen and oxygen atoms in total. The van der Waals surface area contributed by atoms with E-state index in [2.05, 4.69) is 10.1 Å². The summed E-state index contributed by atoms with van der Waals surface area (Å²) in [6.07, 6.45) is 1.32. The molecule has 2 aromatic carbocycles. The third-order valence-corrected chi connectivity index (χ3v) is 3.93. The lowest BCUT2D eigenvalue weighted by Gasteiger charge is -2.09. The second kappa shape index (κ2) is 6.82. The monoisotopic (exact) mass is 359 g/mol. The summed E-state index contributed by atoms with van der Waals surface area (Å²) in [7, 11) is 2.99. The number of nitrogens with one attached hydrogen (secondary N) is 1. The molecule has 3 rings (SSSR count). The molecule has 0 unspecified atom stereocenters. The SMILES string of the molecule is COc1cc(Cl)c(C=Nn2c(=O)[nH]c3ccccc3c2=O)cc1OC. The predicted octanol–water partition coefficient (Wildman–Crippen LogP) is 2.24. The molecule has 0 radical (unpaired) electrons. The lowest BCUT2D eigenvalue weighted by molar-refractivity contribution is 0.355. The Labute approximate surface area is 147 Å². The molecule has 25 heavy (non-hydrogen) atoms. The van der Waals surface area contributed by atoms with Gasteiger partial charge in [0.1, 0.15) is 0 Å². The van der Waals surface area contributed by atoms with Crippen molar-refractivity contribution in [1.82, 2.24) is 9.66 Å². The Morgan fingerprint density at radius 2 is 1.80 bits per heavy atom. The molecule has 3 aromatic rings. The summed E-state index contributed by atoms with van der Waals surface area (Å²) < 4.78 is 11.1. The van der Waals surface area contributed by atoms with Gasteiger partial charge < -0.3 is 14.5 Å². The van der Waals surface area contributed by atoms with Crippen LogP contribution in [0.25, 0.3) is 10.9 Å². The molecular weight excluding hydrogens is 346 g/mol. The number of rotatable bonds is 4. The Morgan fingerprint density at radius 1 is 1.12 bits per heavy atom. The van der Waals surface area contributed by atoms with E-state index in [0.29, 0.717) is 33.0 Å². The zero-order valence-corrected chi connectivity index (χ0v) is 14.2. The Hall–Kier alpha value is -3.06. The molecule has 0 bridgehead atoms. The highest BCUT2D eigenvalue weighted by Crippen LogP contribution is 2.32. The number of benzene rings is 2. The fourth-order valence-electron chi connectivity index (χ4n) is 2.35. The van der Waals surface area contributed by atoms with Crippen LogP contribution < -0.4 is 20.7 Å². The zero-order valence-electron chi connectivity index (χ0n) is 13.4. The second-order valence-electron chi connectivity index (χ2n) is 5.07. The molecule has 0 fully saturated rings. The maximum atomic E-state index is 12.4. The average Bonchev–Trinajstić information content (AvgIpc) is 2.62. The van der Waals surface area contributed by atoms with Crippen LogP contribution in [0.5, 0.6) is 11.5 Å². The van der Waals surface area contributed by atoms with Crippen molar-refractivity contribution in [2.24, 2.45) is 5.10 Å². The highest BCUT2D eigenvalue weighted by atomic mass is 35.5. The fourth-order valence-corrected chi connectivity index (χ4v) is 2.55. The largest absolute Gasteiger partial charge is 0.493 e. The van der Waals surface area contributed by atoms with Crippen molar-refractivity contribution < 1.29 is 9.47 Å². The molecule has 1 N–H and O–H groups in total. The van der Waals surface area contributed by atoms with E-state index in [1.807, 2.05) is 0 Å². The molecule has 8 heteroatoms. The van der Waals surface area contributed by atoms with Crippen LogP contribution in [0.3, 0.4) is 0 Å². The summed E-state index contributed by atoms with van der Waals surface area (Å²) in [5.74, 6) is 0.915. The van der Waals surface area contributed by atoms with Gasteiger partial charge >= 0.3 is 5.69 Å². The third-order valence-electron chi connectivity index (χ3n) is 3.60. The lowest BCUT2D eigenvalue weighted by atomic mass is 10.2. The number of hydrogen-bond acceptors (Lipinski definition) is 5. The van der Waals surface area contributed by atoms with Gasteiger partial charge in [0.2, 0.25) is 0 Å². The van der Waals surface area contributed by atoms with Gasteiger partial charge in [-0.05, 0) is 18.2 Å².